The first-order valence-electron chi connectivity index (χ1n) is 26.6. The van der Waals surface area contributed by atoms with E-state index in [2.05, 4.69) is 237 Å². The van der Waals surface area contributed by atoms with Gasteiger partial charge in [0.25, 0.3) is 0 Å². The number of fused-ring (bicyclic) bond motifs is 9. The summed E-state index contributed by atoms with van der Waals surface area (Å²) in [6.45, 7) is 30.7. The van der Waals surface area contributed by atoms with Gasteiger partial charge in [-0.2, -0.15) is 0 Å². The fourth-order valence-corrected chi connectivity index (χ4v) is 12.9. The van der Waals surface area contributed by atoms with Gasteiger partial charge in [-0.05, 0) is 149 Å². The molecule has 0 fully saturated rings. The van der Waals surface area contributed by atoms with Crippen LogP contribution in [-0.2, 0) is 17.3 Å². The summed E-state index contributed by atoms with van der Waals surface area (Å²) in [5.41, 5.74) is 23.0. The standard InChI is InChI=1S/C66H70N2.C2H6/c1-42-23-15-16-24-44(3)66(55-30-20-17-27-49(42)55)56-39-47(63(5,6)7)34-35-52(56)62-57(66)40-65(11,64(8,9)10)41-61(62)68-59-32-22-19-29-51(59)54-38-46(33-36-60(54)68)43(2)37-53-45(4)67(48-25-13-12-14-26-48)58-31-21-18-28-50(53)58;1-2/h12-16,18-20,22-26,28-30,32-39,41-42,44H,17,21,27,31,40H2,1-11H3;1-2H3/b23-15-,24-16-,43-37+;. The highest BCUT2D eigenvalue weighted by Crippen LogP contribution is 2.66. The number of allylic oxidation sites excluding steroid dienone is 14. The lowest BCUT2D eigenvalue weighted by Crippen LogP contribution is -2.42. The Hall–Kier alpha value is -6.12. The highest BCUT2D eigenvalue weighted by Gasteiger charge is 2.56. The van der Waals surface area contributed by atoms with Crippen molar-refractivity contribution in [1.82, 2.24) is 9.13 Å². The minimum absolute atomic E-state index is 0.00167. The summed E-state index contributed by atoms with van der Waals surface area (Å²) in [6, 6.07) is 35.0. The minimum atomic E-state index is -0.333. The lowest BCUT2D eigenvalue weighted by Gasteiger charge is -2.49. The highest BCUT2D eigenvalue weighted by atomic mass is 15.0. The minimum Gasteiger partial charge on any atom is -0.317 e. The van der Waals surface area contributed by atoms with E-state index in [9.17, 15) is 0 Å². The Labute approximate surface area is 420 Å². The molecule has 5 aliphatic carbocycles. The fraction of sp³-hybridized carbons (Fsp3) is 0.353. The van der Waals surface area contributed by atoms with E-state index in [0.29, 0.717) is 5.92 Å². The van der Waals surface area contributed by atoms with Crippen molar-refractivity contribution in [1.29, 1.82) is 0 Å². The number of aromatic nitrogens is 2. The zero-order valence-electron chi connectivity index (χ0n) is 44.5. The molecule has 0 saturated carbocycles. The summed E-state index contributed by atoms with van der Waals surface area (Å²) in [5, 5.41) is 2.59. The lowest BCUT2D eigenvalue weighted by atomic mass is 9.54. The molecule has 2 heteroatoms. The van der Waals surface area contributed by atoms with E-state index in [0.717, 1.165) is 32.1 Å². The molecular weight excluding hydrogens is 845 g/mol. The molecule has 70 heavy (non-hydrogen) atoms. The molecule has 358 valence electrons. The van der Waals surface area contributed by atoms with Crippen molar-refractivity contribution in [2.24, 2.45) is 22.7 Å². The predicted molar refractivity (Wildman–Crippen MR) is 304 cm³/mol. The van der Waals surface area contributed by atoms with Crippen molar-refractivity contribution in [2.45, 2.75) is 133 Å². The quantitative estimate of drug-likeness (QED) is 0.167. The van der Waals surface area contributed by atoms with Gasteiger partial charge in [0.15, 0.2) is 0 Å². The second-order valence-corrected chi connectivity index (χ2v) is 23.2. The molecule has 4 aromatic carbocycles. The molecule has 0 bridgehead atoms. The summed E-state index contributed by atoms with van der Waals surface area (Å²) in [6.07, 6.45) is 29.9. The van der Waals surface area contributed by atoms with Crippen LogP contribution in [0.15, 0.2) is 156 Å². The van der Waals surface area contributed by atoms with Gasteiger partial charge in [0.2, 0.25) is 0 Å². The van der Waals surface area contributed by atoms with Crippen molar-refractivity contribution in [2.75, 3.05) is 0 Å². The van der Waals surface area contributed by atoms with E-state index in [1.807, 2.05) is 13.8 Å². The number of rotatable bonds is 4. The molecule has 1 spiro atoms. The van der Waals surface area contributed by atoms with Gasteiger partial charge in [-0.1, -0.05) is 197 Å². The van der Waals surface area contributed by atoms with Crippen LogP contribution in [0.2, 0.25) is 0 Å². The van der Waals surface area contributed by atoms with E-state index in [4.69, 9.17) is 0 Å². The van der Waals surface area contributed by atoms with Gasteiger partial charge in [-0.25, -0.2) is 0 Å². The van der Waals surface area contributed by atoms with Gasteiger partial charge in [0, 0.05) is 50.0 Å². The molecule has 2 heterocycles. The van der Waals surface area contributed by atoms with Gasteiger partial charge in [0.1, 0.15) is 0 Å². The van der Waals surface area contributed by atoms with Crippen LogP contribution >= 0.6 is 0 Å². The maximum absolute atomic E-state index is 2.71. The zero-order chi connectivity index (χ0) is 49.5. The van der Waals surface area contributed by atoms with Crippen LogP contribution in [0.25, 0.3) is 56.5 Å². The summed E-state index contributed by atoms with van der Waals surface area (Å²) in [7, 11) is 0. The maximum Gasteiger partial charge on any atom is 0.0541 e. The molecule has 2 nitrogen and oxygen atoms in total. The topological polar surface area (TPSA) is 9.86 Å². The van der Waals surface area contributed by atoms with E-state index >= 15 is 0 Å². The molecule has 0 amide bonds. The van der Waals surface area contributed by atoms with E-state index in [-0.39, 0.29) is 27.6 Å². The maximum atomic E-state index is 2.71. The van der Waals surface area contributed by atoms with Gasteiger partial charge in [-0.15, -0.1) is 0 Å². The van der Waals surface area contributed by atoms with Crippen LogP contribution in [0.3, 0.4) is 0 Å². The van der Waals surface area contributed by atoms with E-state index in [1.165, 1.54) is 94.7 Å². The van der Waals surface area contributed by atoms with Crippen molar-refractivity contribution in [3.8, 4) is 5.69 Å². The Bertz CT molecular complexity index is 3320. The summed E-state index contributed by atoms with van der Waals surface area (Å²) in [4.78, 5) is 0. The second kappa shape index (κ2) is 17.6. The first kappa shape index (κ1) is 47.6. The summed E-state index contributed by atoms with van der Waals surface area (Å²) >= 11 is 0. The van der Waals surface area contributed by atoms with E-state index in [1.54, 1.807) is 11.1 Å². The highest BCUT2D eigenvalue weighted by molar-refractivity contribution is 6.16. The van der Waals surface area contributed by atoms with Gasteiger partial charge in [0.05, 0.1) is 16.7 Å². The van der Waals surface area contributed by atoms with Gasteiger partial charge in [-0.3, -0.25) is 0 Å². The van der Waals surface area contributed by atoms with Gasteiger partial charge < -0.3 is 9.13 Å². The van der Waals surface area contributed by atoms with Crippen LogP contribution in [0.1, 0.15) is 154 Å². The molecule has 6 aromatic rings. The number of hydrogen-bond donors (Lipinski definition) is 0. The molecular formula is C68H76N2. The molecule has 2 aromatic heterocycles. The fourth-order valence-electron chi connectivity index (χ4n) is 12.9. The van der Waals surface area contributed by atoms with Crippen LogP contribution < -0.4 is 0 Å². The number of nitrogens with zero attached hydrogens (tertiary/aromatic N) is 2. The second-order valence-electron chi connectivity index (χ2n) is 23.2. The Balaban J connectivity index is 0.00000280. The number of hydrogen-bond acceptors (Lipinski definition) is 0. The predicted octanol–water partition coefficient (Wildman–Crippen LogP) is 18.8. The summed E-state index contributed by atoms with van der Waals surface area (Å²) in [5.74, 6) is 0.576. The Morgan fingerprint density at radius 2 is 1.44 bits per heavy atom. The van der Waals surface area contributed by atoms with Crippen molar-refractivity contribution in [3.05, 3.63) is 201 Å². The number of para-hydroxylation sites is 2. The molecule has 4 atom stereocenters. The molecule has 11 rings (SSSR count). The van der Waals surface area contributed by atoms with Crippen LogP contribution in [0.5, 0.6) is 0 Å². The first-order valence-corrected chi connectivity index (χ1v) is 26.6. The van der Waals surface area contributed by atoms with Crippen molar-refractivity contribution in [3.63, 3.8) is 0 Å². The molecule has 4 unspecified atom stereocenters. The monoisotopic (exact) mass is 921 g/mol. The largest absolute Gasteiger partial charge is 0.317 e. The van der Waals surface area contributed by atoms with Crippen molar-refractivity contribution < 1.29 is 0 Å². The van der Waals surface area contributed by atoms with Crippen LogP contribution in [0, 0.1) is 29.6 Å². The third-order valence-electron chi connectivity index (χ3n) is 17.3. The summed E-state index contributed by atoms with van der Waals surface area (Å²) < 4.78 is 5.16. The van der Waals surface area contributed by atoms with Crippen LogP contribution in [0.4, 0.5) is 0 Å². The Morgan fingerprint density at radius 1 is 0.743 bits per heavy atom. The average Bonchev–Trinajstić information content (AvgIpc) is 3.95. The van der Waals surface area contributed by atoms with E-state index < -0.39 is 0 Å². The third-order valence-corrected chi connectivity index (χ3v) is 17.3. The van der Waals surface area contributed by atoms with Crippen molar-refractivity contribution >= 4 is 50.8 Å². The molecule has 0 radical (unpaired) electrons. The smallest absolute Gasteiger partial charge is 0.0541 e. The molecule has 0 N–H and O–H groups in total. The lowest BCUT2D eigenvalue weighted by molar-refractivity contribution is 0.161. The zero-order valence-corrected chi connectivity index (χ0v) is 44.5. The van der Waals surface area contributed by atoms with Crippen LogP contribution in [-0.4, -0.2) is 9.13 Å². The SMILES string of the molecule is C/C(=C\c1c2c(n(-c3ccccc3)c1C)CCC=C2)c1ccc2c(c1)c1ccccc1n2C1=CC(C)(C(C)(C)C)CC2=C1c1ccc(C(C)(C)C)cc1C21C2=C(CCC=C2)C(C)/C=C\C=C/C1C.CC. The Morgan fingerprint density at radius 3 is 2.20 bits per heavy atom. The number of benzene rings is 4. The average molecular weight is 921 g/mol. The normalized spacial score (nSPS) is 24.1. The molecule has 0 saturated heterocycles. The molecule has 0 aliphatic heterocycles. The molecule has 5 aliphatic rings. The Kier molecular flexibility index (Phi) is 12.0. The third kappa shape index (κ3) is 7.33. The van der Waals surface area contributed by atoms with Gasteiger partial charge >= 0.3 is 0 Å². The first-order chi connectivity index (χ1) is 33.5.